The maximum Gasteiger partial charge on any atom is 0.387 e. The van der Waals surface area contributed by atoms with Gasteiger partial charge in [0, 0.05) is 22.3 Å². The largest absolute Gasteiger partial charge is 0.387 e. The maximum atomic E-state index is 13.0. The van der Waals surface area contributed by atoms with Gasteiger partial charge in [0.15, 0.2) is 11.6 Å². The van der Waals surface area contributed by atoms with E-state index in [1.54, 1.807) is 98.8 Å². The monoisotopic (exact) mass is 478 g/mol. The molecule has 0 aliphatic rings. The summed E-state index contributed by atoms with van der Waals surface area (Å²) in [5, 5.41) is 0. The van der Waals surface area contributed by atoms with E-state index < -0.39 is 11.9 Å². The Morgan fingerprint density at radius 3 is 1.19 bits per heavy atom. The van der Waals surface area contributed by atoms with Crippen LogP contribution in [0.5, 0.6) is 0 Å². The molecule has 4 aromatic rings. The molecule has 0 saturated carbocycles. The zero-order valence-electron chi connectivity index (χ0n) is 19.7. The molecule has 0 amide bonds. The van der Waals surface area contributed by atoms with Gasteiger partial charge in [0.05, 0.1) is 11.1 Å². The van der Waals surface area contributed by atoms with Crippen LogP contribution in [0.1, 0.15) is 63.7 Å². The summed E-state index contributed by atoms with van der Waals surface area (Å²) in [6.45, 7) is 3.30. The number of ketones is 2. The highest BCUT2D eigenvalue weighted by Gasteiger charge is 2.26. The van der Waals surface area contributed by atoms with Gasteiger partial charge in [-0.2, -0.15) is 0 Å². The molecule has 0 aliphatic heterocycles. The van der Waals surface area contributed by atoms with Crippen LogP contribution >= 0.6 is 0 Å². The lowest BCUT2D eigenvalue weighted by Gasteiger charge is -2.12. The predicted molar refractivity (Wildman–Crippen MR) is 133 cm³/mol. The summed E-state index contributed by atoms with van der Waals surface area (Å²) in [6.07, 6.45) is 0. The van der Waals surface area contributed by atoms with Gasteiger partial charge in [-0.15, -0.1) is 0 Å². The summed E-state index contributed by atoms with van der Waals surface area (Å²) < 4.78 is 0. The van der Waals surface area contributed by atoms with Crippen molar-refractivity contribution < 1.29 is 29.0 Å². The summed E-state index contributed by atoms with van der Waals surface area (Å²) in [5.41, 5.74) is 1.99. The maximum absolute atomic E-state index is 13.0. The average Bonchev–Trinajstić information content (AvgIpc) is 2.91. The Labute approximate surface area is 208 Å². The van der Waals surface area contributed by atoms with Gasteiger partial charge in [-0.25, -0.2) is 19.4 Å². The van der Waals surface area contributed by atoms with Gasteiger partial charge in [0.2, 0.25) is 0 Å². The van der Waals surface area contributed by atoms with E-state index in [-0.39, 0.29) is 33.8 Å². The molecule has 0 bridgehead atoms. The van der Waals surface area contributed by atoms with E-state index in [0.717, 1.165) is 0 Å². The van der Waals surface area contributed by atoms with Crippen LogP contribution in [0.2, 0.25) is 0 Å². The molecule has 6 nitrogen and oxygen atoms in total. The SMILES string of the molecule is Cc1cccc(C(=O)c2ccccc2)c1C(=O)OOC(=O)c1c(C)cccc1C(=O)c1ccccc1. The Bertz CT molecular complexity index is 1340. The van der Waals surface area contributed by atoms with E-state index >= 15 is 0 Å². The fourth-order valence-electron chi connectivity index (χ4n) is 3.90. The fourth-order valence-corrected chi connectivity index (χ4v) is 3.90. The third kappa shape index (κ3) is 4.98. The molecule has 0 atom stereocenters. The van der Waals surface area contributed by atoms with Crippen molar-refractivity contribution in [3.63, 3.8) is 0 Å². The minimum atomic E-state index is -0.995. The lowest BCUT2D eigenvalue weighted by Crippen LogP contribution is -2.19. The van der Waals surface area contributed by atoms with Gasteiger partial charge in [0.1, 0.15) is 0 Å². The standard InChI is InChI=1S/C30H22O6/c1-19-11-9-17-23(27(31)21-13-5-3-6-14-21)25(19)29(33)35-36-30(34)26-20(2)12-10-18-24(26)28(32)22-15-7-4-8-16-22/h3-18H,1-2H3. The molecule has 4 aromatic carbocycles. The Morgan fingerprint density at radius 1 is 0.472 bits per heavy atom. The highest BCUT2D eigenvalue weighted by Crippen LogP contribution is 2.22. The number of hydrogen-bond donors (Lipinski definition) is 0. The van der Waals surface area contributed by atoms with E-state index in [4.69, 9.17) is 9.78 Å². The Morgan fingerprint density at radius 2 is 0.833 bits per heavy atom. The fraction of sp³-hybridized carbons (Fsp3) is 0.0667. The van der Waals surface area contributed by atoms with Crippen LogP contribution in [0.25, 0.3) is 0 Å². The second-order valence-electron chi connectivity index (χ2n) is 8.13. The third-order valence-corrected chi connectivity index (χ3v) is 5.71. The molecule has 0 radical (unpaired) electrons. The number of benzene rings is 4. The molecule has 6 heteroatoms. The highest BCUT2D eigenvalue weighted by atomic mass is 17.2. The van der Waals surface area contributed by atoms with E-state index in [0.29, 0.717) is 22.3 Å². The molecule has 0 saturated heterocycles. The lowest BCUT2D eigenvalue weighted by molar-refractivity contribution is -0.187. The summed E-state index contributed by atoms with van der Waals surface area (Å²) in [5.74, 6) is -2.73. The van der Waals surface area contributed by atoms with Crippen molar-refractivity contribution >= 4 is 23.5 Å². The number of aryl methyl sites for hydroxylation is 2. The molecular weight excluding hydrogens is 456 g/mol. The molecule has 0 fully saturated rings. The van der Waals surface area contributed by atoms with Crippen molar-refractivity contribution in [2.45, 2.75) is 13.8 Å². The Kier molecular flexibility index (Phi) is 7.16. The Hall–Kier alpha value is -4.84. The van der Waals surface area contributed by atoms with Gasteiger partial charge < -0.3 is 0 Å². The van der Waals surface area contributed by atoms with Crippen LogP contribution in [0.15, 0.2) is 97.1 Å². The molecule has 0 spiro atoms. The minimum absolute atomic E-state index is 0.00970. The topological polar surface area (TPSA) is 86.7 Å². The van der Waals surface area contributed by atoms with Crippen molar-refractivity contribution in [3.05, 3.63) is 142 Å². The first-order valence-electron chi connectivity index (χ1n) is 11.2. The minimum Gasteiger partial charge on any atom is -0.289 e. The smallest absolute Gasteiger partial charge is 0.289 e. The Balaban J connectivity index is 1.59. The summed E-state index contributed by atoms with van der Waals surface area (Å²) in [4.78, 5) is 61.8. The number of hydrogen-bond acceptors (Lipinski definition) is 6. The second kappa shape index (κ2) is 10.6. The van der Waals surface area contributed by atoms with Gasteiger partial charge in [-0.05, 0) is 25.0 Å². The van der Waals surface area contributed by atoms with Crippen LogP contribution in [-0.4, -0.2) is 23.5 Å². The van der Waals surface area contributed by atoms with E-state index in [1.807, 2.05) is 0 Å². The van der Waals surface area contributed by atoms with Gasteiger partial charge in [0.25, 0.3) is 0 Å². The normalized spacial score (nSPS) is 10.4. The van der Waals surface area contributed by atoms with Crippen LogP contribution < -0.4 is 0 Å². The van der Waals surface area contributed by atoms with Crippen LogP contribution in [0.4, 0.5) is 0 Å². The summed E-state index contributed by atoms with van der Waals surface area (Å²) in [6, 6.07) is 26.7. The van der Waals surface area contributed by atoms with Crippen molar-refractivity contribution in [2.24, 2.45) is 0 Å². The molecule has 0 aromatic heterocycles. The van der Waals surface area contributed by atoms with Crippen molar-refractivity contribution in [2.75, 3.05) is 0 Å². The first kappa shape index (κ1) is 24.3. The molecule has 0 unspecified atom stereocenters. The summed E-state index contributed by atoms with van der Waals surface area (Å²) >= 11 is 0. The predicted octanol–water partition coefficient (Wildman–Crippen LogP) is 5.69. The first-order valence-corrected chi connectivity index (χ1v) is 11.2. The third-order valence-electron chi connectivity index (χ3n) is 5.71. The zero-order chi connectivity index (χ0) is 25.7. The molecule has 4 rings (SSSR count). The van der Waals surface area contributed by atoms with Crippen molar-refractivity contribution in [1.82, 2.24) is 0 Å². The van der Waals surface area contributed by atoms with E-state index in [9.17, 15) is 19.2 Å². The van der Waals surface area contributed by atoms with Gasteiger partial charge in [-0.1, -0.05) is 97.1 Å². The van der Waals surface area contributed by atoms with Gasteiger partial charge >= 0.3 is 11.9 Å². The van der Waals surface area contributed by atoms with Crippen molar-refractivity contribution in [1.29, 1.82) is 0 Å². The zero-order valence-corrected chi connectivity index (χ0v) is 19.7. The van der Waals surface area contributed by atoms with Gasteiger partial charge in [-0.3, -0.25) is 9.59 Å². The van der Waals surface area contributed by atoms with Crippen LogP contribution in [0.3, 0.4) is 0 Å². The van der Waals surface area contributed by atoms with Crippen LogP contribution in [-0.2, 0) is 9.78 Å². The highest BCUT2D eigenvalue weighted by molar-refractivity contribution is 6.16. The first-order chi connectivity index (χ1) is 17.4. The molecule has 0 heterocycles. The summed E-state index contributed by atoms with van der Waals surface area (Å²) in [7, 11) is 0. The second-order valence-corrected chi connectivity index (χ2v) is 8.13. The lowest BCUT2D eigenvalue weighted by atomic mass is 9.95. The molecule has 0 N–H and O–H groups in total. The number of carbonyl (C=O) groups excluding carboxylic acids is 4. The molecule has 36 heavy (non-hydrogen) atoms. The molecule has 178 valence electrons. The quantitative estimate of drug-likeness (QED) is 0.201. The van der Waals surface area contributed by atoms with E-state index in [2.05, 4.69) is 0 Å². The van der Waals surface area contributed by atoms with Crippen LogP contribution in [0, 0.1) is 13.8 Å². The molecular formula is C30H22O6. The number of carbonyl (C=O) groups is 4. The molecule has 0 aliphatic carbocycles. The number of rotatable bonds is 6. The average molecular weight is 479 g/mol. The van der Waals surface area contributed by atoms with E-state index in [1.165, 1.54) is 12.1 Å². The van der Waals surface area contributed by atoms with Crippen molar-refractivity contribution in [3.8, 4) is 0 Å².